The van der Waals surface area contributed by atoms with Crippen LogP contribution in [0.2, 0.25) is 0 Å². The fourth-order valence-electron chi connectivity index (χ4n) is 4.07. The summed E-state index contributed by atoms with van der Waals surface area (Å²) in [6.45, 7) is 2.52. The zero-order valence-corrected chi connectivity index (χ0v) is 14.6. The first-order valence-corrected chi connectivity index (χ1v) is 9.02. The van der Waals surface area contributed by atoms with E-state index in [1.807, 2.05) is 24.1 Å². The molecule has 132 valence electrons. The number of anilines is 1. The van der Waals surface area contributed by atoms with Gasteiger partial charge in [-0.3, -0.25) is 14.5 Å². The van der Waals surface area contributed by atoms with E-state index in [-0.39, 0.29) is 17.9 Å². The van der Waals surface area contributed by atoms with Gasteiger partial charge in [0.25, 0.3) is 0 Å². The lowest BCUT2D eigenvalue weighted by Crippen LogP contribution is -2.45. The fourth-order valence-corrected chi connectivity index (χ4v) is 4.07. The number of hydrogen-bond acceptors (Lipinski definition) is 5. The molecule has 2 aliphatic rings. The Hall–Kier alpha value is -2.44. The summed E-state index contributed by atoms with van der Waals surface area (Å²) in [6.07, 6.45) is 13.1. The van der Waals surface area contributed by atoms with Crippen molar-refractivity contribution in [2.45, 2.75) is 31.7 Å². The van der Waals surface area contributed by atoms with Crippen LogP contribution in [-0.2, 0) is 11.8 Å². The number of hydrogen-bond donors (Lipinski definition) is 0. The number of nitrogens with zero attached hydrogens (tertiary/aromatic N) is 6. The van der Waals surface area contributed by atoms with Gasteiger partial charge in [0.05, 0.1) is 24.4 Å². The van der Waals surface area contributed by atoms with Crippen LogP contribution in [0.4, 0.5) is 5.82 Å². The van der Waals surface area contributed by atoms with E-state index in [2.05, 4.69) is 24.9 Å². The molecule has 0 aromatic carbocycles. The average molecular weight is 340 g/mol. The monoisotopic (exact) mass is 340 g/mol. The largest absolute Gasteiger partial charge is 0.355 e. The van der Waals surface area contributed by atoms with Crippen molar-refractivity contribution < 1.29 is 4.79 Å². The molecule has 7 heteroatoms. The minimum atomic E-state index is 0.0352. The lowest BCUT2D eigenvalue weighted by atomic mass is 9.95. The Morgan fingerprint density at radius 3 is 2.80 bits per heavy atom. The number of piperidine rings is 1. The lowest BCUT2D eigenvalue weighted by molar-refractivity contribution is -0.136. The maximum absolute atomic E-state index is 13.2. The van der Waals surface area contributed by atoms with Crippen LogP contribution >= 0.6 is 0 Å². The molecular formula is C18H24N6O. The van der Waals surface area contributed by atoms with Gasteiger partial charge in [-0.05, 0) is 25.7 Å². The molecule has 0 saturated carbocycles. The molecule has 0 unspecified atom stereocenters. The summed E-state index contributed by atoms with van der Waals surface area (Å²) in [5, 5.41) is 4.27. The molecule has 2 atom stereocenters. The van der Waals surface area contributed by atoms with Crippen molar-refractivity contribution in [2.24, 2.45) is 13.0 Å². The normalized spacial score (nSPS) is 23.9. The molecule has 4 rings (SSSR count). The predicted octanol–water partition coefficient (Wildman–Crippen LogP) is 1.79. The van der Waals surface area contributed by atoms with Crippen LogP contribution in [0.25, 0.3) is 0 Å². The Morgan fingerprint density at radius 1 is 1.16 bits per heavy atom. The fraction of sp³-hybridized carbons (Fsp3) is 0.556. The van der Waals surface area contributed by atoms with Gasteiger partial charge in [0.1, 0.15) is 5.82 Å². The van der Waals surface area contributed by atoms with Crippen LogP contribution in [0.3, 0.4) is 0 Å². The third-order valence-electron chi connectivity index (χ3n) is 5.29. The van der Waals surface area contributed by atoms with Crippen molar-refractivity contribution in [1.29, 1.82) is 0 Å². The average Bonchev–Trinajstić information content (AvgIpc) is 3.30. The first-order chi connectivity index (χ1) is 12.2. The molecule has 1 amide bonds. The summed E-state index contributed by atoms with van der Waals surface area (Å²) in [7, 11) is 1.92. The van der Waals surface area contributed by atoms with E-state index in [4.69, 9.17) is 0 Å². The van der Waals surface area contributed by atoms with Crippen molar-refractivity contribution >= 4 is 11.7 Å². The molecule has 2 saturated heterocycles. The van der Waals surface area contributed by atoms with E-state index in [0.29, 0.717) is 0 Å². The predicted molar refractivity (Wildman–Crippen MR) is 93.9 cm³/mol. The van der Waals surface area contributed by atoms with Gasteiger partial charge in [0.15, 0.2) is 0 Å². The van der Waals surface area contributed by atoms with E-state index in [1.54, 1.807) is 18.6 Å². The summed E-state index contributed by atoms with van der Waals surface area (Å²) in [4.78, 5) is 26.0. The molecule has 2 aromatic heterocycles. The highest BCUT2D eigenvalue weighted by atomic mass is 16.2. The summed E-state index contributed by atoms with van der Waals surface area (Å²) in [6, 6.07) is 0.174. The minimum absolute atomic E-state index is 0.0352. The van der Waals surface area contributed by atoms with E-state index in [0.717, 1.165) is 56.7 Å². The van der Waals surface area contributed by atoms with E-state index < -0.39 is 0 Å². The number of aryl methyl sites for hydroxylation is 1. The molecule has 4 heterocycles. The first kappa shape index (κ1) is 16.1. The van der Waals surface area contributed by atoms with Crippen LogP contribution in [0.15, 0.2) is 31.0 Å². The smallest absolute Gasteiger partial charge is 0.227 e. The molecule has 7 nitrogen and oxygen atoms in total. The molecule has 2 aliphatic heterocycles. The number of carbonyl (C=O) groups excluding carboxylic acids is 1. The second-order valence-electron chi connectivity index (χ2n) is 6.99. The number of rotatable bonds is 3. The van der Waals surface area contributed by atoms with Gasteiger partial charge >= 0.3 is 0 Å². The van der Waals surface area contributed by atoms with Gasteiger partial charge < -0.3 is 9.80 Å². The van der Waals surface area contributed by atoms with Crippen molar-refractivity contribution in [3.05, 3.63) is 36.5 Å². The summed E-state index contributed by atoms with van der Waals surface area (Å²) >= 11 is 0. The molecule has 0 radical (unpaired) electrons. The highest BCUT2D eigenvalue weighted by Gasteiger charge is 2.36. The lowest BCUT2D eigenvalue weighted by Gasteiger charge is -2.35. The van der Waals surface area contributed by atoms with E-state index in [9.17, 15) is 4.79 Å². The Kier molecular flexibility index (Phi) is 4.38. The highest BCUT2D eigenvalue weighted by Crippen LogP contribution is 2.34. The van der Waals surface area contributed by atoms with Gasteiger partial charge in [-0.2, -0.15) is 5.10 Å². The Morgan fingerprint density at radius 2 is 2.04 bits per heavy atom. The highest BCUT2D eigenvalue weighted by molar-refractivity contribution is 5.80. The zero-order chi connectivity index (χ0) is 17.2. The van der Waals surface area contributed by atoms with E-state index >= 15 is 0 Å². The Labute approximate surface area is 147 Å². The van der Waals surface area contributed by atoms with Crippen LogP contribution < -0.4 is 4.90 Å². The van der Waals surface area contributed by atoms with Gasteiger partial charge in [-0.15, -0.1) is 0 Å². The van der Waals surface area contributed by atoms with Crippen LogP contribution in [-0.4, -0.2) is 50.2 Å². The maximum Gasteiger partial charge on any atom is 0.227 e. The number of aromatic nitrogens is 4. The van der Waals surface area contributed by atoms with Crippen LogP contribution in [0, 0.1) is 5.92 Å². The molecule has 0 spiro atoms. The minimum Gasteiger partial charge on any atom is -0.355 e. The summed E-state index contributed by atoms with van der Waals surface area (Å²) < 4.78 is 1.81. The SMILES string of the molecule is Cn1cc([C@@H]2CCCN2C(=O)[C@@H]2CCCN(c3cnccn3)C2)cn1. The van der Waals surface area contributed by atoms with Crippen LogP contribution in [0.1, 0.15) is 37.3 Å². The van der Waals surface area contributed by atoms with Crippen LogP contribution in [0.5, 0.6) is 0 Å². The molecular weight excluding hydrogens is 316 g/mol. The summed E-state index contributed by atoms with van der Waals surface area (Å²) in [5.74, 6) is 1.18. The molecule has 2 fully saturated rings. The molecule has 0 aliphatic carbocycles. The second kappa shape index (κ2) is 6.82. The third-order valence-corrected chi connectivity index (χ3v) is 5.29. The quantitative estimate of drug-likeness (QED) is 0.852. The zero-order valence-electron chi connectivity index (χ0n) is 14.6. The van der Waals surface area contributed by atoms with Gasteiger partial charge in [0.2, 0.25) is 5.91 Å². The van der Waals surface area contributed by atoms with Gasteiger partial charge in [0, 0.05) is 50.8 Å². The Bertz CT molecular complexity index is 730. The van der Waals surface area contributed by atoms with Crippen molar-refractivity contribution in [3.8, 4) is 0 Å². The standard InChI is InChI=1S/C18H24N6O/c1-22-12-15(10-21-22)16-5-3-9-24(16)18(25)14-4-2-8-23(13-14)17-11-19-6-7-20-17/h6-7,10-12,14,16H,2-5,8-9,13H2,1H3/t14-,16+/m1/s1. The number of carbonyl (C=O) groups is 1. The molecule has 2 aromatic rings. The first-order valence-electron chi connectivity index (χ1n) is 9.02. The van der Waals surface area contributed by atoms with Crippen molar-refractivity contribution in [1.82, 2.24) is 24.6 Å². The topological polar surface area (TPSA) is 67.2 Å². The van der Waals surface area contributed by atoms with Crippen molar-refractivity contribution in [3.63, 3.8) is 0 Å². The van der Waals surface area contributed by atoms with Gasteiger partial charge in [-0.1, -0.05) is 0 Å². The molecule has 0 N–H and O–H groups in total. The number of amides is 1. The van der Waals surface area contributed by atoms with E-state index in [1.165, 1.54) is 0 Å². The molecule has 25 heavy (non-hydrogen) atoms. The third kappa shape index (κ3) is 3.23. The molecule has 0 bridgehead atoms. The Balaban J connectivity index is 1.48. The van der Waals surface area contributed by atoms with Crippen molar-refractivity contribution in [2.75, 3.05) is 24.5 Å². The van der Waals surface area contributed by atoms with Gasteiger partial charge in [-0.25, -0.2) is 4.98 Å². The number of likely N-dealkylation sites (tertiary alicyclic amines) is 1. The summed E-state index contributed by atoms with van der Waals surface area (Å²) in [5.41, 5.74) is 1.15. The maximum atomic E-state index is 13.2. The second-order valence-corrected chi connectivity index (χ2v) is 6.99.